The van der Waals surface area contributed by atoms with Crippen LogP contribution in [0.2, 0.25) is 0 Å². The lowest BCUT2D eigenvalue weighted by molar-refractivity contribution is 0.245. The molecule has 0 bridgehead atoms. The topological polar surface area (TPSA) is 66.0 Å². The second-order valence-electron chi connectivity index (χ2n) is 5.08. The molecule has 0 spiro atoms. The highest BCUT2D eigenvalue weighted by Crippen LogP contribution is 2.24. The van der Waals surface area contributed by atoms with E-state index in [2.05, 4.69) is 20.3 Å². The smallest absolute Gasteiger partial charge is 0.320 e. The van der Waals surface area contributed by atoms with Crippen LogP contribution in [0.1, 0.15) is 12.8 Å². The van der Waals surface area contributed by atoms with E-state index in [1.807, 2.05) is 36.4 Å². The van der Waals surface area contributed by atoms with Gasteiger partial charge in [0.2, 0.25) is 0 Å². The summed E-state index contributed by atoms with van der Waals surface area (Å²) in [4.78, 5) is 12.0. The lowest BCUT2D eigenvalue weighted by atomic mass is 10.1. The molecule has 0 saturated carbocycles. The molecule has 3 rings (SSSR count). The van der Waals surface area contributed by atoms with E-state index in [0.29, 0.717) is 0 Å². The van der Waals surface area contributed by atoms with Crippen molar-refractivity contribution in [1.82, 2.24) is 15.0 Å². The van der Waals surface area contributed by atoms with Crippen molar-refractivity contribution in [3.63, 3.8) is 0 Å². The number of aromatic nitrogens is 1. The Kier molecular flexibility index (Phi) is 4.47. The maximum atomic E-state index is 12.0. The quantitative estimate of drug-likeness (QED) is 0.816. The van der Waals surface area contributed by atoms with Crippen LogP contribution in [-0.4, -0.2) is 29.5 Å². The fourth-order valence-electron chi connectivity index (χ4n) is 2.39. The van der Waals surface area contributed by atoms with Gasteiger partial charge < -0.3 is 10.6 Å². The zero-order valence-corrected chi connectivity index (χ0v) is 12.5. The molecule has 1 aromatic heterocycles. The van der Waals surface area contributed by atoms with Gasteiger partial charge in [0.25, 0.3) is 0 Å². The molecule has 110 valence electrons. The molecule has 1 saturated heterocycles. The molecular weight excluding hydrogens is 284 g/mol. The van der Waals surface area contributed by atoms with E-state index in [-0.39, 0.29) is 12.1 Å². The van der Waals surface area contributed by atoms with Gasteiger partial charge in [-0.2, -0.15) is 4.37 Å². The second-order valence-corrected chi connectivity index (χ2v) is 5.89. The SMILES string of the molecule is O=C(Nc1cc(-c2ccccc2)ns1)N[C@H]1CCCNC1. The Morgan fingerprint density at radius 2 is 2.19 bits per heavy atom. The third-order valence-corrected chi connectivity index (χ3v) is 4.15. The number of anilines is 1. The number of nitrogens with zero attached hydrogens (tertiary/aromatic N) is 1. The van der Waals surface area contributed by atoms with E-state index in [9.17, 15) is 4.79 Å². The molecule has 0 unspecified atom stereocenters. The van der Waals surface area contributed by atoms with Crippen LogP contribution in [0.25, 0.3) is 11.3 Å². The number of benzene rings is 1. The molecule has 1 aromatic carbocycles. The molecule has 1 aliphatic heterocycles. The third kappa shape index (κ3) is 3.80. The van der Waals surface area contributed by atoms with Crippen LogP contribution >= 0.6 is 11.5 Å². The van der Waals surface area contributed by atoms with Crippen molar-refractivity contribution in [2.75, 3.05) is 18.4 Å². The Morgan fingerprint density at radius 3 is 2.95 bits per heavy atom. The number of carbonyl (C=O) groups is 1. The van der Waals surface area contributed by atoms with Crippen molar-refractivity contribution in [2.24, 2.45) is 0 Å². The summed E-state index contributed by atoms with van der Waals surface area (Å²) < 4.78 is 4.37. The zero-order valence-electron chi connectivity index (χ0n) is 11.6. The lowest BCUT2D eigenvalue weighted by Crippen LogP contribution is -2.46. The molecule has 1 fully saturated rings. The number of hydrogen-bond donors (Lipinski definition) is 3. The van der Waals surface area contributed by atoms with Crippen molar-refractivity contribution < 1.29 is 4.79 Å². The molecule has 1 atom stereocenters. The van der Waals surface area contributed by atoms with Gasteiger partial charge >= 0.3 is 6.03 Å². The van der Waals surface area contributed by atoms with E-state index in [1.165, 1.54) is 11.5 Å². The molecular formula is C15H18N4OS. The first-order chi connectivity index (χ1) is 10.3. The van der Waals surface area contributed by atoms with Crippen molar-refractivity contribution in [3.05, 3.63) is 36.4 Å². The summed E-state index contributed by atoms with van der Waals surface area (Å²) in [5.41, 5.74) is 1.94. The molecule has 0 aliphatic carbocycles. The Labute approximate surface area is 127 Å². The Morgan fingerprint density at radius 1 is 1.33 bits per heavy atom. The fraction of sp³-hybridized carbons (Fsp3) is 0.333. The Bertz CT molecular complexity index is 593. The Balaban J connectivity index is 1.58. The molecule has 3 N–H and O–H groups in total. The van der Waals surface area contributed by atoms with Crippen LogP contribution in [0.5, 0.6) is 0 Å². The van der Waals surface area contributed by atoms with Gasteiger partial charge in [-0.3, -0.25) is 5.32 Å². The first kappa shape index (κ1) is 14.0. The van der Waals surface area contributed by atoms with E-state index >= 15 is 0 Å². The summed E-state index contributed by atoms with van der Waals surface area (Å²) >= 11 is 1.30. The van der Waals surface area contributed by atoms with Gasteiger partial charge in [0.1, 0.15) is 5.00 Å². The van der Waals surface area contributed by atoms with Gasteiger partial charge in [-0.1, -0.05) is 30.3 Å². The minimum atomic E-state index is -0.160. The van der Waals surface area contributed by atoms with Crippen molar-refractivity contribution in [1.29, 1.82) is 0 Å². The van der Waals surface area contributed by atoms with E-state index in [4.69, 9.17) is 0 Å². The number of hydrogen-bond acceptors (Lipinski definition) is 4. The molecule has 2 aromatic rings. The average Bonchev–Trinajstić information content (AvgIpc) is 2.97. The normalized spacial score (nSPS) is 18.2. The van der Waals surface area contributed by atoms with E-state index < -0.39 is 0 Å². The van der Waals surface area contributed by atoms with Crippen molar-refractivity contribution >= 4 is 22.6 Å². The minimum Gasteiger partial charge on any atom is -0.334 e. The molecule has 2 amide bonds. The number of amides is 2. The van der Waals surface area contributed by atoms with Crippen LogP contribution < -0.4 is 16.0 Å². The predicted octanol–water partition coefficient (Wildman–Crippen LogP) is 2.68. The summed E-state index contributed by atoms with van der Waals surface area (Å²) in [7, 11) is 0. The third-order valence-electron chi connectivity index (χ3n) is 3.45. The number of piperidine rings is 1. The highest BCUT2D eigenvalue weighted by Gasteiger charge is 2.15. The molecule has 0 radical (unpaired) electrons. The van der Waals surface area contributed by atoms with Crippen LogP contribution in [0.15, 0.2) is 36.4 Å². The molecule has 5 nitrogen and oxygen atoms in total. The molecule has 1 aliphatic rings. The number of urea groups is 1. The zero-order chi connectivity index (χ0) is 14.5. The Hall–Kier alpha value is -1.92. The van der Waals surface area contributed by atoms with Gasteiger partial charge in [-0.25, -0.2) is 4.79 Å². The molecule has 21 heavy (non-hydrogen) atoms. The van der Waals surface area contributed by atoms with Gasteiger partial charge in [0.05, 0.1) is 5.69 Å². The second kappa shape index (κ2) is 6.69. The highest BCUT2D eigenvalue weighted by atomic mass is 32.1. The van der Waals surface area contributed by atoms with Gasteiger partial charge in [-0.15, -0.1) is 0 Å². The maximum Gasteiger partial charge on any atom is 0.320 e. The first-order valence-electron chi connectivity index (χ1n) is 7.11. The van der Waals surface area contributed by atoms with Crippen molar-refractivity contribution in [3.8, 4) is 11.3 Å². The number of rotatable bonds is 3. The lowest BCUT2D eigenvalue weighted by Gasteiger charge is -2.23. The maximum absolute atomic E-state index is 12.0. The standard InChI is InChI=1S/C15H18N4OS/c20-15(17-12-7-4-8-16-10-12)18-14-9-13(19-21-14)11-5-2-1-3-6-11/h1-3,5-6,9,12,16H,4,7-8,10H2,(H2,17,18,20)/t12-/m0/s1. The monoisotopic (exact) mass is 302 g/mol. The van der Waals surface area contributed by atoms with Crippen LogP contribution in [0.4, 0.5) is 9.80 Å². The predicted molar refractivity (Wildman–Crippen MR) is 85.6 cm³/mol. The van der Waals surface area contributed by atoms with Crippen LogP contribution in [0.3, 0.4) is 0 Å². The van der Waals surface area contributed by atoms with Crippen LogP contribution in [-0.2, 0) is 0 Å². The van der Waals surface area contributed by atoms with Gasteiger partial charge in [0.15, 0.2) is 0 Å². The number of carbonyl (C=O) groups excluding carboxylic acids is 1. The van der Waals surface area contributed by atoms with Gasteiger partial charge in [-0.05, 0) is 30.9 Å². The molecule has 6 heteroatoms. The van der Waals surface area contributed by atoms with Gasteiger partial charge in [0, 0.05) is 24.2 Å². The minimum absolute atomic E-state index is 0.160. The number of nitrogens with one attached hydrogen (secondary N) is 3. The fourth-order valence-corrected chi connectivity index (χ4v) is 3.04. The van der Waals surface area contributed by atoms with E-state index in [1.54, 1.807) is 0 Å². The highest BCUT2D eigenvalue weighted by molar-refractivity contribution is 7.10. The molecule has 2 heterocycles. The van der Waals surface area contributed by atoms with Crippen molar-refractivity contribution in [2.45, 2.75) is 18.9 Å². The van der Waals surface area contributed by atoms with E-state index in [0.717, 1.165) is 42.2 Å². The van der Waals surface area contributed by atoms with Crippen LogP contribution in [0, 0.1) is 0 Å². The summed E-state index contributed by atoms with van der Waals surface area (Å²) in [6.45, 7) is 1.88. The summed E-state index contributed by atoms with van der Waals surface area (Å²) in [6.07, 6.45) is 2.13. The largest absolute Gasteiger partial charge is 0.334 e. The first-order valence-corrected chi connectivity index (χ1v) is 7.89. The summed E-state index contributed by atoms with van der Waals surface area (Å²) in [6, 6.07) is 11.9. The average molecular weight is 302 g/mol. The summed E-state index contributed by atoms with van der Waals surface area (Å²) in [5.74, 6) is 0. The summed E-state index contributed by atoms with van der Waals surface area (Å²) in [5, 5.41) is 9.88.